The van der Waals surface area contributed by atoms with Gasteiger partial charge in [-0.25, -0.2) is 4.90 Å². The molecule has 2 N–H and O–H groups in total. The Bertz CT molecular complexity index is 1270. The minimum Gasteiger partial charge on any atom is -0.488 e. The molecule has 0 atom stereocenters. The smallest absolute Gasteiger partial charge is 0.308 e. The first kappa shape index (κ1) is 36.9. The number of carbonyl (C=O) groups excluding carboxylic acids is 3. The second-order valence-electron chi connectivity index (χ2n) is 11.2. The molecule has 12 heteroatoms. The number of nitrogens with two attached hydrogens (primary N) is 1. The Morgan fingerprint density at radius 1 is 0.717 bits per heavy atom. The Morgan fingerprint density at radius 2 is 1.22 bits per heavy atom. The van der Waals surface area contributed by atoms with Gasteiger partial charge in [-0.3, -0.25) is 14.4 Å². The van der Waals surface area contributed by atoms with Gasteiger partial charge < -0.3 is 38.9 Å². The van der Waals surface area contributed by atoms with Crippen LogP contribution in [-0.4, -0.2) is 97.6 Å². The lowest BCUT2D eigenvalue weighted by Gasteiger charge is -2.25. The van der Waals surface area contributed by atoms with E-state index in [1.54, 1.807) is 7.11 Å². The lowest BCUT2D eigenvalue weighted by molar-refractivity contribution is -0.145. The highest BCUT2D eigenvalue weighted by Crippen LogP contribution is 2.41. The quantitative estimate of drug-likeness (QED) is 0.0846. The summed E-state index contributed by atoms with van der Waals surface area (Å²) in [5.74, 6) is -0.838. The number of hydrogen-bond donors (Lipinski definition) is 1. The molecule has 0 fully saturated rings. The Morgan fingerprint density at radius 3 is 1.74 bits per heavy atom. The number of fused-ring (bicyclic) bond motifs is 1. The molecule has 0 radical (unpaired) electrons. The number of para-hydroxylation sites is 1. The molecule has 2 amide bonds. The number of benzene rings is 2. The highest BCUT2D eigenvalue weighted by atomic mass is 16.6. The lowest BCUT2D eigenvalue weighted by Crippen LogP contribution is -2.31. The van der Waals surface area contributed by atoms with Crippen LogP contribution in [0, 0.1) is 0 Å². The van der Waals surface area contributed by atoms with E-state index in [4.69, 9.17) is 38.9 Å². The second-order valence-corrected chi connectivity index (χ2v) is 11.2. The fourth-order valence-electron chi connectivity index (χ4n) is 4.82. The molecule has 254 valence electrons. The van der Waals surface area contributed by atoms with Crippen LogP contribution in [0.1, 0.15) is 77.8 Å². The van der Waals surface area contributed by atoms with E-state index in [1.807, 2.05) is 45.9 Å². The van der Waals surface area contributed by atoms with E-state index in [1.165, 1.54) is 17.0 Å². The van der Waals surface area contributed by atoms with Gasteiger partial charge in [0.1, 0.15) is 19.0 Å². The number of ether oxygens (including phenoxy) is 7. The van der Waals surface area contributed by atoms with Gasteiger partial charge in [-0.2, -0.15) is 0 Å². The molecule has 0 unspecified atom stereocenters. The number of nitrogen functional groups attached to an aromatic ring is 1. The van der Waals surface area contributed by atoms with Crippen molar-refractivity contribution in [3.05, 3.63) is 52.6 Å². The largest absolute Gasteiger partial charge is 0.488 e. The van der Waals surface area contributed by atoms with Crippen molar-refractivity contribution in [2.45, 2.75) is 46.0 Å². The fourth-order valence-corrected chi connectivity index (χ4v) is 4.82. The summed E-state index contributed by atoms with van der Waals surface area (Å²) < 4.78 is 37.3. The van der Waals surface area contributed by atoms with Crippen LogP contribution < -0.4 is 15.4 Å². The first-order valence-electron chi connectivity index (χ1n) is 15.7. The molecule has 0 bridgehead atoms. The monoisotopic (exact) mass is 644 g/mol. The van der Waals surface area contributed by atoms with Gasteiger partial charge in [0.05, 0.1) is 88.4 Å². The molecule has 0 aromatic heterocycles. The van der Waals surface area contributed by atoms with Crippen molar-refractivity contribution in [1.82, 2.24) is 0 Å². The molecule has 3 rings (SSSR count). The summed E-state index contributed by atoms with van der Waals surface area (Å²) in [6, 6.07) is 8.81. The van der Waals surface area contributed by atoms with Crippen LogP contribution in [0.25, 0.3) is 0 Å². The third-order valence-corrected chi connectivity index (χ3v) is 7.19. The van der Waals surface area contributed by atoms with E-state index in [0.29, 0.717) is 58.5 Å². The molecule has 0 saturated heterocycles. The summed E-state index contributed by atoms with van der Waals surface area (Å²) in [5.41, 5.74) is 9.32. The van der Waals surface area contributed by atoms with Crippen LogP contribution in [-0.2, 0) is 33.2 Å². The summed E-state index contributed by atoms with van der Waals surface area (Å²) in [6.45, 7) is 12.0. The Labute approximate surface area is 271 Å². The van der Waals surface area contributed by atoms with Gasteiger partial charge in [0.2, 0.25) is 0 Å². The van der Waals surface area contributed by atoms with E-state index >= 15 is 0 Å². The van der Waals surface area contributed by atoms with Gasteiger partial charge in [0.25, 0.3) is 11.8 Å². The zero-order valence-electron chi connectivity index (χ0n) is 27.6. The minimum absolute atomic E-state index is 0.0182. The standard InChI is InChI=1S/C34H48N2O10/c1-23(2)25-7-6-8-26(24(3)4)32(25)36-33(38)27-21-29(35)30(22-28(27)34(36)39)45-19-20-46-31(37)9-10-41-13-14-43-17-18-44-16-15-42-12-11-40-5/h6-8,21-24H,9-20,35H2,1-5H3. The molecule has 2 aromatic carbocycles. The van der Waals surface area contributed by atoms with Crippen molar-refractivity contribution >= 4 is 29.2 Å². The Balaban J connectivity index is 1.38. The maximum Gasteiger partial charge on any atom is 0.308 e. The maximum atomic E-state index is 13.6. The van der Waals surface area contributed by atoms with E-state index in [9.17, 15) is 14.4 Å². The zero-order valence-corrected chi connectivity index (χ0v) is 27.6. The van der Waals surface area contributed by atoms with E-state index < -0.39 is 17.8 Å². The number of methoxy groups -OCH3 is 1. The van der Waals surface area contributed by atoms with Crippen molar-refractivity contribution in [3.8, 4) is 5.75 Å². The van der Waals surface area contributed by atoms with Crippen molar-refractivity contribution in [2.24, 2.45) is 0 Å². The average molecular weight is 645 g/mol. The van der Waals surface area contributed by atoms with E-state index in [2.05, 4.69) is 0 Å². The number of hydrogen-bond acceptors (Lipinski definition) is 11. The third kappa shape index (κ3) is 10.5. The van der Waals surface area contributed by atoms with E-state index in [-0.39, 0.29) is 60.6 Å². The lowest BCUT2D eigenvalue weighted by atomic mass is 9.92. The van der Waals surface area contributed by atoms with Gasteiger partial charge in [0.15, 0.2) is 0 Å². The van der Waals surface area contributed by atoms with E-state index in [0.717, 1.165) is 11.1 Å². The third-order valence-electron chi connectivity index (χ3n) is 7.19. The van der Waals surface area contributed by atoms with Crippen molar-refractivity contribution < 1.29 is 47.5 Å². The predicted octanol–water partition coefficient (Wildman–Crippen LogP) is 4.34. The molecule has 0 spiro atoms. The highest BCUT2D eigenvalue weighted by molar-refractivity contribution is 6.35. The summed E-state index contributed by atoms with van der Waals surface area (Å²) in [5, 5.41) is 0. The zero-order chi connectivity index (χ0) is 33.5. The molecule has 46 heavy (non-hydrogen) atoms. The van der Waals surface area contributed by atoms with Crippen LogP contribution in [0.3, 0.4) is 0 Å². The van der Waals surface area contributed by atoms with Crippen LogP contribution in [0.4, 0.5) is 11.4 Å². The van der Waals surface area contributed by atoms with Gasteiger partial charge in [-0.05, 0) is 35.1 Å². The van der Waals surface area contributed by atoms with Gasteiger partial charge in [-0.15, -0.1) is 0 Å². The second kappa shape index (κ2) is 19.2. The van der Waals surface area contributed by atoms with Crippen molar-refractivity contribution in [3.63, 3.8) is 0 Å². The summed E-state index contributed by atoms with van der Waals surface area (Å²) in [7, 11) is 1.62. The first-order valence-corrected chi connectivity index (χ1v) is 15.7. The highest BCUT2D eigenvalue weighted by Gasteiger charge is 2.40. The molecular formula is C34H48N2O10. The van der Waals surface area contributed by atoms with Gasteiger partial charge in [0, 0.05) is 7.11 Å². The number of anilines is 2. The molecule has 12 nitrogen and oxygen atoms in total. The van der Waals surface area contributed by atoms with Crippen molar-refractivity contribution in [1.29, 1.82) is 0 Å². The number of rotatable bonds is 22. The Kier molecular flexibility index (Phi) is 15.4. The molecule has 0 aliphatic carbocycles. The van der Waals surface area contributed by atoms with Crippen LogP contribution in [0.2, 0.25) is 0 Å². The van der Waals surface area contributed by atoms with Crippen LogP contribution >= 0.6 is 0 Å². The van der Waals surface area contributed by atoms with Crippen LogP contribution in [0.5, 0.6) is 5.75 Å². The first-order chi connectivity index (χ1) is 22.2. The molecule has 1 aliphatic heterocycles. The van der Waals surface area contributed by atoms with Crippen LogP contribution in [0.15, 0.2) is 30.3 Å². The molecular weight excluding hydrogens is 596 g/mol. The summed E-state index contributed by atoms with van der Waals surface area (Å²) in [4.78, 5) is 40.5. The maximum absolute atomic E-state index is 13.6. The summed E-state index contributed by atoms with van der Waals surface area (Å²) >= 11 is 0. The SMILES string of the molecule is COCCOCCOCCOCCOCCC(=O)OCCOc1cc2c(cc1N)C(=O)N(c1c(C(C)C)cccc1C(C)C)C2=O. The predicted molar refractivity (Wildman–Crippen MR) is 173 cm³/mol. The number of carbonyl (C=O) groups is 3. The normalized spacial score (nSPS) is 12.8. The molecule has 2 aromatic rings. The van der Waals surface area contributed by atoms with Gasteiger partial charge in [-0.1, -0.05) is 45.9 Å². The fraction of sp³-hybridized carbons (Fsp3) is 0.559. The van der Waals surface area contributed by atoms with Crippen molar-refractivity contribution in [2.75, 3.05) is 90.4 Å². The molecule has 0 saturated carbocycles. The summed E-state index contributed by atoms with van der Waals surface area (Å²) in [6.07, 6.45) is 0.0792. The number of esters is 1. The Hall–Kier alpha value is -3.55. The average Bonchev–Trinajstić information content (AvgIpc) is 3.26. The number of nitrogens with zero attached hydrogens (tertiary/aromatic N) is 1. The molecule has 1 heterocycles. The molecule has 1 aliphatic rings. The topological polar surface area (TPSA) is 145 Å². The minimum atomic E-state index is -0.436. The number of imide groups is 1. The number of amides is 2. The van der Waals surface area contributed by atoms with Gasteiger partial charge >= 0.3 is 5.97 Å².